The van der Waals surface area contributed by atoms with Gasteiger partial charge in [0.2, 0.25) is 0 Å². The fourth-order valence-electron chi connectivity index (χ4n) is 2.70. The Balaban J connectivity index is 1.43. The highest BCUT2D eigenvalue weighted by molar-refractivity contribution is 9.10. The second kappa shape index (κ2) is 8.26. The Hall–Kier alpha value is -1.92. The van der Waals surface area contributed by atoms with E-state index in [4.69, 9.17) is 4.74 Å². The van der Waals surface area contributed by atoms with Gasteiger partial charge in [0.05, 0.1) is 5.56 Å². The van der Waals surface area contributed by atoms with Gasteiger partial charge in [0.15, 0.2) is 0 Å². The lowest BCUT2D eigenvalue weighted by Gasteiger charge is -2.34. The molecule has 1 amide bonds. The molecular formula is C18H20BrN3O2. The lowest BCUT2D eigenvalue weighted by Crippen LogP contribution is -2.49. The summed E-state index contributed by atoms with van der Waals surface area (Å²) in [5.41, 5.74) is 0.630. The lowest BCUT2D eigenvalue weighted by molar-refractivity contribution is 0.0620. The van der Waals surface area contributed by atoms with Crippen molar-refractivity contribution in [1.29, 1.82) is 0 Å². The second-order valence-corrected chi connectivity index (χ2v) is 6.60. The van der Waals surface area contributed by atoms with Crippen LogP contribution < -0.4 is 4.74 Å². The van der Waals surface area contributed by atoms with E-state index in [1.165, 1.54) is 0 Å². The van der Waals surface area contributed by atoms with Crippen LogP contribution in [-0.2, 0) is 0 Å². The van der Waals surface area contributed by atoms with E-state index in [1.807, 2.05) is 41.3 Å². The van der Waals surface area contributed by atoms with Crippen LogP contribution in [-0.4, -0.2) is 60.0 Å². The molecule has 1 fully saturated rings. The molecule has 6 heteroatoms. The van der Waals surface area contributed by atoms with Crippen LogP contribution in [0.1, 0.15) is 10.4 Å². The number of amides is 1. The Kier molecular flexibility index (Phi) is 5.82. The standard InChI is InChI=1S/C18H20BrN3O2/c19-16-12-15(13-20-14-16)18(23)22-8-6-21(7-9-22)10-11-24-17-4-2-1-3-5-17/h1-5,12-14H,6-11H2. The third kappa shape index (κ3) is 4.55. The molecule has 1 saturated heterocycles. The van der Waals surface area contributed by atoms with Gasteiger partial charge in [-0.25, -0.2) is 0 Å². The number of halogens is 1. The van der Waals surface area contributed by atoms with Gasteiger partial charge < -0.3 is 9.64 Å². The average Bonchev–Trinajstić information content (AvgIpc) is 2.63. The molecule has 0 saturated carbocycles. The van der Waals surface area contributed by atoms with Crippen molar-refractivity contribution in [1.82, 2.24) is 14.8 Å². The molecule has 1 aromatic heterocycles. The molecule has 0 radical (unpaired) electrons. The fraction of sp³-hybridized carbons (Fsp3) is 0.333. The summed E-state index contributed by atoms with van der Waals surface area (Å²) in [6.45, 7) is 4.73. The summed E-state index contributed by atoms with van der Waals surface area (Å²) >= 11 is 3.36. The molecule has 0 spiro atoms. The maximum Gasteiger partial charge on any atom is 0.255 e. The topological polar surface area (TPSA) is 45.7 Å². The molecular weight excluding hydrogens is 370 g/mol. The number of pyridine rings is 1. The van der Waals surface area contributed by atoms with Gasteiger partial charge in [0.1, 0.15) is 12.4 Å². The minimum atomic E-state index is 0.0454. The number of carbonyl (C=O) groups excluding carboxylic acids is 1. The third-order valence-corrected chi connectivity index (χ3v) is 4.46. The van der Waals surface area contributed by atoms with Gasteiger partial charge in [-0.15, -0.1) is 0 Å². The number of nitrogens with zero attached hydrogens (tertiary/aromatic N) is 3. The zero-order chi connectivity index (χ0) is 16.8. The molecule has 5 nitrogen and oxygen atoms in total. The number of carbonyl (C=O) groups is 1. The highest BCUT2D eigenvalue weighted by Crippen LogP contribution is 2.13. The maximum absolute atomic E-state index is 12.5. The van der Waals surface area contributed by atoms with E-state index >= 15 is 0 Å². The number of hydrogen-bond acceptors (Lipinski definition) is 4. The lowest BCUT2D eigenvalue weighted by atomic mass is 10.2. The number of piperazine rings is 1. The van der Waals surface area contributed by atoms with Crippen LogP contribution in [0.15, 0.2) is 53.3 Å². The van der Waals surface area contributed by atoms with Crippen molar-refractivity contribution >= 4 is 21.8 Å². The van der Waals surface area contributed by atoms with Gasteiger partial charge in [0, 0.05) is 49.6 Å². The first kappa shape index (κ1) is 16.9. The van der Waals surface area contributed by atoms with Crippen molar-refractivity contribution in [3.63, 3.8) is 0 Å². The minimum absolute atomic E-state index is 0.0454. The van der Waals surface area contributed by atoms with Crippen LogP contribution in [0.5, 0.6) is 5.75 Å². The van der Waals surface area contributed by atoms with Crippen LogP contribution in [0.25, 0.3) is 0 Å². The fourth-order valence-corrected chi connectivity index (χ4v) is 3.06. The smallest absolute Gasteiger partial charge is 0.255 e. The molecule has 0 atom stereocenters. The van der Waals surface area contributed by atoms with E-state index in [2.05, 4.69) is 25.8 Å². The zero-order valence-electron chi connectivity index (χ0n) is 13.4. The van der Waals surface area contributed by atoms with Gasteiger partial charge in [-0.3, -0.25) is 14.7 Å². The third-order valence-electron chi connectivity index (χ3n) is 4.03. The van der Waals surface area contributed by atoms with Crippen molar-refractivity contribution in [3.8, 4) is 5.75 Å². The molecule has 0 N–H and O–H groups in total. The number of rotatable bonds is 5. The molecule has 0 aliphatic carbocycles. The van der Waals surface area contributed by atoms with E-state index in [-0.39, 0.29) is 5.91 Å². The van der Waals surface area contributed by atoms with E-state index in [9.17, 15) is 4.79 Å². The molecule has 24 heavy (non-hydrogen) atoms. The first-order valence-corrected chi connectivity index (χ1v) is 8.82. The van der Waals surface area contributed by atoms with Crippen LogP contribution >= 0.6 is 15.9 Å². The maximum atomic E-state index is 12.5. The van der Waals surface area contributed by atoms with E-state index < -0.39 is 0 Å². The molecule has 1 aromatic carbocycles. The van der Waals surface area contributed by atoms with E-state index in [0.717, 1.165) is 42.9 Å². The monoisotopic (exact) mass is 389 g/mol. The van der Waals surface area contributed by atoms with Crippen molar-refractivity contribution in [3.05, 3.63) is 58.8 Å². The minimum Gasteiger partial charge on any atom is -0.492 e. The number of aromatic nitrogens is 1. The Morgan fingerprint density at radius 1 is 1.12 bits per heavy atom. The van der Waals surface area contributed by atoms with Gasteiger partial charge in [-0.2, -0.15) is 0 Å². The van der Waals surface area contributed by atoms with Crippen LogP contribution in [0, 0.1) is 0 Å². The van der Waals surface area contributed by atoms with Gasteiger partial charge in [0.25, 0.3) is 5.91 Å². The summed E-state index contributed by atoms with van der Waals surface area (Å²) in [6, 6.07) is 11.7. The largest absolute Gasteiger partial charge is 0.492 e. The molecule has 1 aliphatic rings. The molecule has 0 unspecified atom stereocenters. The molecule has 126 valence electrons. The van der Waals surface area contributed by atoms with Crippen LogP contribution in [0.2, 0.25) is 0 Å². The summed E-state index contributed by atoms with van der Waals surface area (Å²) in [5, 5.41) is 0. The normalized spacial score (nSPS) is 15.3. The number of hydrogen-bond donors (Lipinski definition) is 0. The number of ether oxygens (including phenoxy) is 1. The second-order valence-electron chi connectivity index (χ2n) is 5.69. The Bertz CT molecular complexity index is 673. The summed E-state index contributed by atoms with van der Waals surface area (Å²) in [4.78, 5) is 20.8. The average molecular weight is 390 g/mol. The predicted molar refractivity (Wildman–Crippen MR) is 96.2 cm³/mol. The highest BCUT2D eigenvalue weighted by atomic mass is 79.9. The highest BCUT2D eigenvalue weighted by Gasteiger charge is 2.22. The summed E-state index contributed by atoms with van der Waals surface area (Å²) < 4.78 is 6.55. The first-order chi connectivity index (χ1) is 11.7. The summed E-state index contributed by atoms with van der Waals surface area (Å²) in [7, 11) is 0. The zero-order valence-corrected chi connectivity index (χ0v) is 15.0. The van der Waals surface area contributed by atoms with Crippen molar-refractivity contribution in [2.45, 2.75) is 0 Å². The predicted octanol–water partition coefficient (Wildman–Crippen LogP) is 2.68. The summed E-state index contributed by atoms with van der Waals surface area (Å²) in [5.74, 6) is 0.942. The van der Waals surface area contributed by atoms with Crippen LogP contribution in [0.3, 0.4) is 0 Å². The Labute approximate surface area is 150 Å². The van der Waals surface area contributed by atoms with Crippen LogP contribution in [0.4, 0.5) is 0 Å². The number of benzene rings is 1. The van der Waals surface area contributed by atoms with Gasteiger partial charge >= 0.3 is 0 Å². The van der Waals surface area contributed by atoms with E-state index in [0.29, 0.717) is 12.2 Å². The van der Waals surface area contributed by atoms with Gasteiger partial charge in [-0.05, 0) is 34.1 Å². The number of para-hydroxylation sites is 1. The summed E-state index contributed by atoms with van der Waals surface area (Å²) in [6.07, 6.45) is 3.30. The quantitative estimate of drug-likeness (QED) is 0.788. The molecule has 2 heterocycles. The molecule has 3 rings (SSSR count). The Morgan fingerprint density at radius 2 is 1.88 bits per heavy atom. The van der Waals surface area contributed by atoms with Crippen molar-refractivity contribution in [2.24, 2.45) is 0 Å². The molecule has 0 bridgehead atoms. The first-order valence-electron chi connectivity index (χ1n) is 8.02. The van der Waals surface area contributed by atoms with Crippen molar-refractivity contribution in [2.75, 3.05) is 39.3 Å². The molecule has 1 aliphatic heterocycles. The van der Waals surface area contributed by atoms with Crippen molar-refractivity contribution < 1.29 is 9.53 Å². The SMILES string of the molecule is O=C(c1cncc(Br)c1)N1CCN(CCOc2ccccc2)CC1. The Morgan fingerprint density at radius 3 is 2.58 bits per heavy atom. The van der Waals surface area contributed by atoms with Gasteiger partial charge in [-0.1, -0.05) is 18.2 Å². The molecule has 2 aromatic rings. The van der Waals surface area contributed by atoms with E-state index in [1.54, 1.807) is 12.4 Å².